The van der Waals surface area contributed by atoms with Crippen molar-refractivity contribution in [2.75, 3.05) is 11.4 Å². The third-order valence-corrected chi connectivity index (χ3v) is 4.09. The topological polar surface area (TPSA) is 49.4 Å². The number of benzene rings is 2. The van der Waals surface area contributed by atoms with Crippen LogP contribution in [-0.2, 0) is 16.0 Å². The van der Waals surface area contributed by atoms with Crippen molar-refractivity contribution in [2.45, 2.75) is 25.3 Å². The summed E-state index contributed by atoms with van der Waals surface area (Å²) in [5.74, 6) is -0.406. The molecule has 1 aliphatic rings. The largest absolute Gasteiger partial charge is 0.351 e. The van der Waals surface area contributed by atoms with Gasteiger partial charge < -0.3 is 10.2 Å². The lowest BCUT2D eigenvalue weighted by atomic mass is 10.1. The number of halogens is 1. The fourth-order valence-electron chi connectivity index (χ4n) is 2.91. The van der Waals surface area contributed by atoms with Crippen molar-refractivity contribution in [2.24, 2.45) is 0 Å². The molecule has 0 radical (unpaired) electrons. The average Bonchev–Trinajstić information content (AvgIpc) is 2.94. The first kappa shape index (κ1) is 16.2. The van der Waals surface area contributed by atoms with Crippen molar-refractivity contribution in [3.8, 4) is 0 Å². The summed E-state index contributed by atoms with van der Waals surface area (Å²) in [6.07, 6.45) is 1.06. The van der Waals surface area contributed by atoms with E-state index in [1.807, 2.05) is 30.3 Å². The highest BCUT2D eigenvalue weighted by atomic mass is 19.1. The summed E-state index contributed by atoms with van der Waals surface area (Å²) in [5.41, 5.74) is 1.64. The van der Waals surface area contributed by atoms with Crippen LogP contribution in [0.3, 0.4) is 0 Å². The van der Waals surface area contributed by atoms with Crippen molar-refractivity contribution >= 4 is 17.5 Å². The summed E-state index contributed by atoms with van der Waals surface area (Å²) < 4.78 is 13.1. The van der Waals surface area contributed by atoms with Crippen LogP contribution in [0.1, 0.15) is 18.4 Å². The molecular weight excluding hydrogens is 307 g/mol. The summed E-state index contributed by atoms with van der Waals surface area (Å²) in [4.78, 5) is 25.9. The second-order valence-corrected chi connectivity index (χ2v) is 5.94. The van der Waals surface area contributed by atoms with Crippen molar-refractivity contribution < 1.29 is 14.0 Å². The van der Waals surface area contributed by atoms with E-state index in [0.29, 0.717) is 19.4 Å². The lowest BCUT2D eigenvalue weighted by molar-refractivity contribution is -0.121. The van der Waals surface area contributed by atoms with Crippen LogP contribution in [-0.4, -0.2) is 24.4 Å². The third kappa shape index (κ3) is 3.98. The first-order valence-corrected chi connectivity index (χ1v) is 8.01. The quantitative estimate of drug-likeness (QED) is 0.918. The molecule has 1 fully saturated rings. The minimum Gasteiger partial charge on any atom is -0.351 e. The normalized spacial score (nSPS) is 17.1. The molecule has 4 nitrogen and oxygen atoms in total. The predicted molar refractivity (Wildman–Crippen MR) is 90.1 cm³/mol. The Bertz CT molecular complexity index is 733. The van der Waals surface area contributed by atoms with Gasteiger partial charge in [-0.05, 0) is 36.2 Å². The molecule has 1 atom stereocenters. The van der Waals surface area contributed by atoms with Gasteiger partial charge in [-0.3, -0.25) is 9.59 Å². The minimum absolute atomic E-state index is 0.0108. The van der Waals surface area contributed by atoms with Gasteiger partial charge in [0.15, 0.2) is 0 Å². The molecule has 1 unspecified atom stereocenters. The zero-order valence-electron chi connectivity index (χ0n) is 13.2. The Kier molecular flexibility index (Phi) is 4.89. The maximum absolute atomic E-state index is 13.1. The Morgan fingerprint density at radius 3 is 2.71 bits per heavy atom. The highest BCUT2D eigenvalue weighted by Crippen LogP contribution is 2.21. The van der Waals surface area contributed by atoms with E-state index in [1.54, 1.807) is 17.0 Å². The van der Waals surface area contributed by atoms with Crippen molar-refractivity contribution in [3.63, 3.8) is 0 Å². The maximum Gasteiger partial charge on any atom is 0.229 e. The zero-order valence-corrected chi connectivity index (χ0v) is 13.2. The number of nitrogens with one attached hydrogen (secondary N) is 1. The van der Waals surface area contributed by atoms with E-state index in [4.69, 9.17) is 0 Å². The van der Waals surface area contributed by atoms with Crippen LogP contribution in [0.2, 0.25) is 0 Å². The fourth-order valence-corrected chi connectivity index (χ4v) is 2.91. The van der Waals surface area contributed by atoms with Crippen LogP contribution in [0.15, 0.2) is 54.6 Å². The van der Waals surface area contributed by atoms with Crippen molar-refractivity contribution in [1.82, 2.24) is 5.32 Å². The van der Waals surface area contributed by atoms with Gasteiger partial charge in [0.1, 0.15) is 5.82 Å². The first-order valence-electron chi connectivity index (χ1n) is 8.01. The number of hydrogen-bond donors (Lipinski definition) is 1. The lowest BCUT2D eigenvalue weighted by Crippen LogP contribution is -2.37. The van der Waals surface area contributed by atoms with Gasteiger partial charge in [-0.25, -0.2) is 4.39 Å². The number of aryl methyl sites for hydroxylation is 1. The number of para-hydroxylation sites is 1. The second kappa shape index (κ2) is 7.25. The summed E-state index contributed by atoms with van der Waals surface area (Å²) in [7, 11) is 0. The monoisotopic (exact) mass is 326 g/mol. The summed E-state index contributed by atoms with van der Waals surface area (Å²) in [6.45, 7) is 0.481. The molecule has 1 heterocycles. The van der Waals surface area contributed by atoms with Crippen LogP contribution < -0.4 is 10.2 Å². The Morgan fingerprint density at radius 2 is 1.96 bits per heavy atom. The molecule has 0 saturated carbocycles. The molecule has 3 rings (SSSR count). The minimum atomic E-state index is -0.298. The molecule has 0 aliphatic carbocycles. The van der Waals surface area contributed by atoms with Crippen LogP contribution in [0.5, 0.6) is 0 Å². The molecule has 2 aromatic rings. The Labute approximate surface area is 140 Å². The molecule has 1 saturated heterocycles. The van der Waals surface area contributed by atoms with Gasteiger partial charge in [-0.15, -0.1) is 0 Å². The molecule has 24 heavy (non-hydrogen) atoms. The van der Waals surface area contributed by atoms with E-state index >= 15 is 0 Å². The van der Waals surface area contributed by atoms with Gasteiger partial charge in [0.2, 0.25) is 11.8 Å². The molecule has 1 aliphatic heterocycles. The number of nitrogens with zero attached hydrogens (tertiary/aromatic N) is 1. The molecule has 0 spiro atoms. The van der Waals surface area contributed by atoms with E-state index in [2.05, 4.69) is 5.32 Å². The Hall–Kier alpha value is -2.69. The van der Waals surface area contributed by atoms with Crippen molar-refractivity contribution in [1.29, 1.82) is 0 Å². The zero-order chi connectivity index (χ0) is 16.9. The number of carbonyl (C=O) groups is 2. The molecule has 1 N–H and O–H groups in total. The first-order chi connectivity index (χ1) is 11.6. The van der Waals surface area contributed by atoms with Gasteiger partial charge >= 0.3 is 0 Å². The summed E-state index contributed by atoms with van der Waals surface area (Å²) in [6, 6.07) is 15.5. The molecule has 2 amide bonds. The van der Waals surface area contributed by atoms with E-state index in [9.17, 15) is 14.0 Å². The Morgan fingerprint density at radius 1 is 1.17 bits per heavy atom. The molecule has 124 valence electrons. The van der Waals surface area contributed by atoms with E-state index in [-0.39, 0.29) is 30.1 Å². The molecule has 2 aromatic carbocycles. The van der Waals surface area contributed by atoms with Gasteiger partial charge in [-0.1, -0.05) is 30.3 Å². The number of carbonyl (C=O) groups excluding carboxylic acids is 2. The standard InChI is InChI=1S/C19H19FN2O2/c20-15-6-4-5-14(11-15)9-10-18(23)21-16-12-19(24)22(13-16)17-7-2-1-3-8-17/h1-8,11,16H,9-10,12-13H2,(H,21,23). The smallest absolute Gasteiger partial charge is 0.229 e. The maximum atomic E-state index is 13.1. The van der Waals surface area contributed by atoms with Crippen LogP contribution in [0.4, 0.5) is 10.1 Å². The van der Waals surface area contributed by atoms with Gasteiger partial charge in [0.25, 0.3) is 0 Å². The Balaban J connectivity index is 1.51. The average molecular weight is 326 g/mol. The molecular formula is C19H19FN2O2. The van der Waals surface area contributed by atoms with E-state index < -0.39 is 0 Å². The highest BCUT2D eigenvalue weighted by molar-refractivity contribution is 5.96. The molecule has 5 heteroatoms. The number of amides is 2. The fraction of sp³-hybridized carbons (Fsp3) is 0.263. The number of hydrogen-bond acceptors (Lipinski definition) is 2. The summed E-state index contributed by atoms with van der Waals surface area (Å²) >= 11 is 0. The van der Waals surface area contributed by atoms with Crippen LogP contribution in [0.25, 0.3) is 0 Å². The molecule has 0 bridgehead atoms. The molecule has 0 aromatic heterocycles. The predicted octanol–water partition coefficient (Wildman–Crippen LogP) is 2.68. The third-order valence-electron chi connectivity index (χ3n) is 4.09. The van der Waals surface area contributed by atoms with E-state index in [0.717, 1.165) is 11.3 Å². The van der Waals surface area contributed by atoms with Gasteiger partial charge in [0, 0.05) is 25.1 Å². The van der Waals surface area contributed by atoms with Gasteiger partial charge in [0.05, 0.1) is 6.04 Å². The summed E-state index contributed by atoms with van der Waals surface area (Å²) in [5, 5.41) is 2.90. The van der Waals surface area contributed by atoms with Crippen LogP contribution in [0, 0.1) is 5.82 Å². The van der Waals surface area contributed by atoms with Crippen LogP contribution >= 0.6 is 0 Å². The van der Waals surface area contributed by atoms with E-state index in [1.165, 1.54) is 12.1 Å². The second-order valence-electron chi connectivity index (χ2n) is 5.94. The van der Waals surface area contributed by atoms with Crippen molar-refractivity contribution in [3.05, 3.63) is 66.0 Å². The van der Waals surface area contributed by atoms with Gasteiger partial charge in [-0.2, -0.15) is 0 Å². The number of anilines is 1. The number of rotatable bonds is 5. The highest BCUT2D eigenvalue weighted by Gasteiger charge is 2.31. The lowest BCUT2D eigenvalue weighted by Gasteiger charge is -2.17. The SMILES string of the molecule is O=C(CCc1cccc(F)c1)NC1CC(=O)N(c2ccccc2)C1.